The largest absolute Gasteiger partial charge is 0.374 e. The first-order valence-corrected chi connectivity index (χ1v) is 8.95. The van der Waals surface area contributed by atoms with Gasteiger partial charge in [-0.15, -0.1) is 0 Å². The van der Waals surface area contributed by atoms with E-state index in [1.165, 1.54) is 19.3 Å². The highest BCUT2D eigenvalue weighted by molar-refractivity contribution is 5.11. The fraction of sp³-hybridized carbons (Fsp3) is 0.824. The van der Waals surface area contributed by atoms with Crippen molar-refractivity contribution in [1.29, 1.82) is 0 Å². The first-order chi connectivity index (χ1) is 11.6. The highest BCUT2D eigenvalue weighted by atomic mass is 19.3. The highest BCUT2D eigenvalue weighted by Crippen LogP contribution is 2.55. The molecule has 0 aromatic carbocycles. The molecule has 2 heterocycles. The van der Waals surface area contributed by atoms with E-state index in [9.17, 15) is 8.78 Å². The number of ether oxygens (including phenoxy) is 1. The quantitative estimate of drug-likeness (QED) is 0.698. The summed E-state index contributed by atoms with van der Waals surface area (Å²) in [6.45, 7) is 6.48. The zero-order valence-electron chi connectivity index (χ0n) is 14.4. The van der Waals surface area contributed by atoms with Gasteiger partial charge in [0.25, 0.3) is 6.43 Å². The van der Waals surface area contributed by atoms with Crippen LogP contribution in [-0.2, 0) is 17.8 Å². The summed E-state index contributed by atoms with van der Waals surface area (Å²) in [7, 11) is 0. The maximum Gasteiger partial charge on any atom is 0.261 e. The highest BCUT2D eigenvalue weighted by Gasteiger charge is 2.56. The van der Waals surface area contributed by atoms with Gasteiger partial charge in [0.15, 0.2) is 0 Å². The van der Waals surface area contributed by atoms with Crippen molar-refractivity contribution < 1.29 is 13.5 Å². The second-order valence-electron chi connectivity index (χ2n) is 6.90. The normalized spacial score (nSPS) is 22.6. The number of nitrogens with one attached hydrogen (secondary N) is 1. The molecular weight excluding hydrogens is 314 g/mol. The lowest BCUT2D eigenvalue weighted by atomic mass is 9.93. The Bertz CT molecular complexity index is 516. The summed E-state index contributed by atoms with van der Waals surface area (Å²) in [5.41, 5.74) is 0.414. The molecule has 2 fully saturated rings. The van der Waals surface area contributed by atoms with Crippen LogP contribution in [0.4, 0.5) is 8.78 Å². The molecule has 1 N–H and O–H groups in total. The van der Waals surface area contributed by atoms with Crippen molar-refractivity contribution in [2.45, 2.75) is 51.7 Å². The predicted molar refractivity (Wildman–Crippen MR) is 88.1 cm³/mol. The third kappa shape index (κ3) is 4.13. The van der Waals surface area contributed by atoms with Gasteiger partial charge in [0.2, 0.25) is 0 Å². The van der Waals surface area contributed by atoms with Crippen molar-refractivity contribution in [2.24, 2.45) is 5.41 Å². The van der Waals surface area contributed by atoms with E-state index in [0.717, 1.165) is 32.0 Å². The van der Waals surface area contributed by atoms with Crippen LogP contribution in [0.2, 0.25) is 0 Å². The Labute approximate surface area is 142 Å². The second-order valence-corrected chi connectivity index (χ2v) is 6.90. The molecule has 7 heteroatoms. The summed E-state index contributed by atoms with van der Waals surface area (Å²) in [6.07, 6.45) is 5.04. The Morgan fingerprint density at radius 1 is 1.46 bits per heavy atom. The number of imidazole rings is 1. The van der Waals surface area contributed by atoms with Crippen LogP contribution in [0.1, 0.15) is 32.0 Å². The topological polar surface area (TPSA) is 42.3 Å². The lowest BCUT2D eigenvalue weighted by Crippen LogP contribution is -2.38. The van der Waals surface area contributed by atoms with E-state index in [2.05, 4.69) is 26.7 Å². The van der Waals surface area contributed by atoms with Crippen molar-refractivity contribution in [3.63, 3.8) is 0 Å². The summed E-state index contributed by atoms with van der Waals surface area (Å²) in [4.78, 5) is 6.87. The Kier molecular flexibility index (Phi) is 5.84. The third-order valence-electron chi connectivity index (χ3n) is 5.44. The molecular formula is C17H28F2N4O. The van der Waals surface area contributed by atoms with E-state index in [-0.39, 0.29) is 0 Å². The summed E-state index contributed by atoms with van der Waals surface area (Å²) in [6, 6.07) is 0.525. The average molecular weight is 342 g/mol. The van der Waals surface area contributed by atoms with Crippen LogP contribution in [0.5, 0.6) is 0 Å². The van der Waals surface area contributed by atoms with Gasteiger partial charge in [0, 0.05) is 31.5 Å². The van der Waals surface area contributed by atoms with Gasteiger partial charge in [-0.3, -0.25) is 4.90 Å². The number of rotatable bonds is 9. The smallest absolute Gasteiger partial charge is 0.261 e. The molecule has 5 nitrogen and oxygen atoms in total. The lowest BCUT2D eigenvalue weighted by molar-refractivity contribution is 0.00639. The minimum atomic E-state index is -2.39. The standard InChI is InChI=1S/C17H28F2N4O/c1-2-22-8-7-21-16(22)12-23(9-10-24-13-15(18)19)14-11-17(14)3-5-20-6-4-17/h7-8,14-15,20H,2-6,9-13H2,1H3. The van der Waals surface area contributed by atoms with Gasteiger partial charge >= 0.3 is 0 Å². The molecule has 1 aliphatic carbocycles. The number of hydrogen-bond acceptors (Lipinski definition) is 4. The van der Waals surface area contributed by atoms with Crippen molar-refractivity contribution >= 4 is 0 Å². The van der Waals surface area contributed by atoms with Gasteiger partial charge in [0.1, 0.15) is 12.4 Å². The Hall–Kier alpha value is -1.05. The molecule has 1 aromatic heterocycles. The van der Waals surface area contributed by atoms with Gasteiger partial charge < -0.3 is 14.6 Å². The molecule has 0 amide bonds. The van der Waals surface area contributed by atoms with Gasteiger partial charge in [-0.1, -0.05) is 0 Å². The average Bonchev–Trinajstić information content (AvgIpc) is 3.06. The van der Waals surface area contributed by atoms with E-state index in [4.69, 9.17) is 4.74 Å². The van der Waals surface area contributed by atoms with E-state index < -0.39 is 13.0 Å². The Morgan fingerprint density at radius 3 is 2.96 bits per heavy atom. The predicted octanol–water partition coefficient (Wildman–Crippen LogP) is 2.13. The minimum absolute atomic E-state index is 0.349. The van der Waals surface area contributed by atoms with Crippen LogP contribution in [0, 0.1) is 5.41 Å². The lowest BCUT2D eigenvalue weighted by Gasteiger charge is -2.29. The van der Waals surface area contributed by atoms with Crippen molar-refractivity contribution in [3.05, 3.63) is 18.2 Å². The minimum Gasteiger partial charge on any atom is -0.374 e. The molecule has 1 saturated carbocycles. The van der Waals surface area contributed by atoms with Crippen LogP contribution in [0.25, 0.3) is 0 Å². The van der Waals surface area contributed by atoms with Gasteiger partial charge in [-0.25, -0.2) is 13.8 Å². The summed E-state index contributed by atoms with van der Waals surface area (Å²) >= 11 is 0. The summed E-state index contributed by atoms with van der Waals surface area (Å²) < 4.78 is 31.8. The van der Waals surface area contributed by atoms with Crippen LogP contribution in [0.3, 0.4) is 0 Å². The fourth-order valence-electron chi connectivity index (χ4n) is 3.97. The van der Waals surface area contributed by atoms with Gasteiger partial charge in [0.05, 0.1) is 13.2 Å². The van der Waals surface area contributed by atoms with Crippen LogP contribution < -0.4 is 5.32 Å². The van der Waals surface area contributed by atoms with Gasteiger partial charge in [-0.2, -0.15) is 0 Å². The SMILES string of the molecule is CCn1ccnc1CN(CCOCC(F)F)C1CC12CCNCC2. The maximum absolute atomic E-state index is 12.3. The molecule has 24 heavy (non-hydrogen) atoms. The molecule has 2 aliphatic rings. The molecule has 136 valence electrons. The number of aryl methyl sites for hydroxylation is 1. The number of hydrogen-bond donors (Lipinski definition) is 1. The van der Waals surface area contributed by atoms with Gasteiger partial charge in [-0.05, 0) is 44.7 Å². The monoisotopic (exact) mass is 342 g/mol. The van der Waals surface area contributed by atoms with Crippen LogP contribution in [-0.4, -0.2) is 59.8 Å². The molecule has 3 rings (SSSR count). The maximum atomic E-state index is 12.3. The summed E-state index contributed by atoms with van der Waals surface area (Å²) in [5.74, 6) is 1.04. The first-order valence-electron chi connectivity index (χ1n) is 8.95. The zero-order chi connectivity index (χ0) is 17.0. The van der Waals surface area contributed by atoms with E-state index in [0.29, 0.717) is 24.6 Å². The molecule has 0 bridgehead atoms. The Morgan fingerprint density at radius 2 is 2.25 bits per heavy atom. The van der Waals surface area contributed by atoms with E-state index in [1.807, 2.05) is 12.4 Å². The van der Waals surface area contributed by atoms with Crippen molar-refractivity contribution in [3.8, 4) is 0 Å². The molecule has 1 spiro atoms. The van der Waals surface area contributed by atoms with E-state index in [1.54, 1.807) is 0 Å². The van der Waals surface area contributed by atoms with Crippen molar-refractivity contribution in [1.82, 2.24) is 19.8 Å². The molecule has 1 aromatic rings. The van der Waals surface area contributed by atoms with E-state index >= 15 is 0 Å². The number of piperidine rings is 1. The first kappa shape index (κ1) is 17.8. The third-order valence-corrected chi connectivity index (χ3v) is 5.44. The number of nitrogens with zero attached hydrogens (tertiary/aromatic N) is 3. The number of halogens is 2. The Balaban J connectivity index is 1.60. The number of aromatic nitrogens is 2. The van der Waals surface area contributed by atoms with Crippen LogP contribution in [0.15, 0.2) is 12.4 Å². The molecule has 0 radical (unpaired) electrons. The molecule has 1 unspecified atom stereocenters. The van der Waals surface area contributed by atoms with Crippen molar-refractivity contribution in [2.75, 3.05) is 32.8 Å². The molecule has 1 saturated heterocycles. The molecule has 1 aliphatic heterocycles. The summed E-state index contributed by atoms with van der Waals surface area (Å²) in [5, 5.41) is 3.43. The molecule has 1 atom stereocenters. The zero-order valence-corrected chi connectivity index (χ0v) is 14.4. The second kappa shape index (κ2) is 7.89. The number of alkyl halides is 2. The van der Waals surface area contributed by atoms with Crippen LogP contribution >= 0.6 is 0 Å². The fourth-order valence-corrected chi connectivity index (χ4v) is 3.97.